The number of hydrogen-bond donors (Lipinski definition) is 1. The van der Waals surface area contributed by atoms with Crippen LogP contribution in [-0.4, -0.2) is 5.11 Å². The van der Waals surface area contributed by atoms with Crippen LogP contribution in [0.3, 0.4) is 0 Å². The Hall–Kier alpha value is -0.820. The molecule has 0 unspecified atom stereocenters. The predicted molar refractivity (Wildman–Crippen MR) is 60.1 cm³/mol. The van der Waals surface area contributed by atoms with E-state index in [4.69, 9.17) is 0 Å². The van der Waals surface area contributed by atoms with Gasteiger partial charge in [0.1, 0.15) is 0 Å². The van der Waals surface area contributed by atoms with Gasteiger partial charge >= 0.3 is 0 Å². The molecule has 1 heteroatoms. The van der Waals surface area contributed by atoms with E-state index in [0.717, 1.165) is 17.9 Å². The second-order valence-corrected chi connectivity index (χ2v) is 3.81. The van der Waals surface area contributed by atoms with E-state index in [9.17, 15) is 5.11 Å². The van der Waals surface area contributed by atoms with E-state index in [2.05, 4.69) is 26.0 Å². The first-order chi connectivity index (χ1) is 6.81. The fourth-order valence-corrected chi connectivity index (χ4v) is 1.80. The van der Waals surface area contributed by atoms with E-state index in [-0.39, 0.29) is 6.61 Å². The summed E-state index contributed by atoms with van der Waals surface area (Å²) in [5.41, 5.74) is 2.39. The van der Waals surface area contributed by atoms with Crippen LogP contribution in [0.2, 0.25) is 0 Å². The number of rotatable bonds is 5. The highest BCUT2D eigenvalue weighted by Gasteiger charge is 2.07. The van der Waals surface area contributed by atoms with Crippen molar-refractivity contribution in [1.82, 2.24) is 0 Å². The summed E-state index contributed by atoms with van der Waals surface area (Å²) in [6, 6.07) is 8.18. The van der Waals surface area contributed by atoms with Gasteiger partial charge < -0.3 is 5.11 Å². The van der Waals surface area contributed by atoms with Crippen molar-refractivity contribution in [1.29, 1.82) is 0 Å². The minimum Gasteiger partial charge on any atom is -0.392 e. The first-order valence-corrected chi connectivity index (χ1v) is 5.49. The van der Waals surface area contributed by atoms with Gasteiger partial charge in [-0.05, 0) is 23.5 Å². The lowest BCUT2D eigenvalue weighted by Gasteiger charge is -2.14. The van der Waals surface area contributed by atoms with Crippen molar-refractivity contribution >= 4 is 0 Å². The molecular weight excluding hydrogens is 172 g/mol. The van der Waals surface area contributed by atoms with Gasteiger partial charge in [0.2, 0.25) is 0 Å². The monoisotopic (exact) mass is 192 g/mol. The predicted octanol–water partition coefficient (Wildman–Crippen LogP) is 3.16. The van der Waals surface area contributed by atoms with E-state index in [1.54, 1.807) is 0 Å². The van der Waals surface area contributed by atoms with Crippen molar-refractivity contribution in [3.8, 4) is 0 Å². The van der Waals surface area contributed by atoms with Crippen molar-refractivity contribution in [2.45, 2.75) is 39.7 Å². The topological polar surface area (TPSA) is 20.2 Å². The summed E-state index contributed by atoms with van der Waals surface area (Å²) in [6.45, 7) is 4.63. The van der Waals surface area contributed by atoms with Gasteiger partial charge in [-0.25, -0.2) is 0 Å². The average molecular weight is 192 g/mol. The number of aliphatic hydroxyl groups is 1. The van der Waals surface area contributed by atoms with Crippen LogP contribution in [0.5, 0.6) is 0 Å². The van der Waals surface area contributed by atoms with Crippen LogP contribution in [0.15, 0.2) is 24.3 Å². The van der Waals surface area contributed by atoms with E-state index in [0.29, 0.717) is 0 Å². The SMILES string of the molecule is CCC(CC)Cc1ccccc1CO. The molecule has 1 rings (SSSR count). The molecule has 0 fully saturated rings. The van der Waals surface area contributed by atoms with Crippen LogP contribution in [0.1, 0.15) is 37.8 Å². The first kappa shape index (κ1) is 11.3. The molecule has 0 saturated heterocycles. The molecule has 14 heavy (non-hydrogen) atoms. The molecule has 0 bridgehead atoms. The summed E-state index contributed by atoms with van der Waals surface area (Å²) in [5, 5.41) is 9.18. The van der Waals surface area contributed by atoms with Crippen LogP contribution in [0.4, 0.5) is 0 Å². The maximum absolute atomic E-state index is 9.18. The summed E-state index contributed by atoms with van der Waals surface area (Å²) in [5.74, 6) is 0.752. The molecule has 0 atom stereocenters. The Morgan fingerprint density at radius 1 is 1.07 bits per heavy atom. The quantitative estimate of drug-likeness (QED) is 0.759. The Labute approximate surface area is 86.8 Å². The zero-order valence-electron chi connectivity index (χ0n) is 9.16. The average Bonchev–Trinajstić information content (AvgIpc) is 2.26. The molecule has 0 spiro atoms. The minimum absolute atomic E-state index is 0.163. The van der Waals surface area contributed by atoms with E-state index < -0.39 is 0 Å². The molecule has 0 aromatic heterocycles. The van der Waals surface area contributed by atoms with Crippen LogP contribution in [0.25, 0.3) is 0 Å². The van der Waals surface area contributed by atoms with E-state index in [1.165, 1.54) is 18.4 Å². The number of aliphatic hydroxyl groups excluding tert-OH is 1. The highest BCUT2D eigenvalue weighted by molar-refractivity contribution is 5.26. The largest absolute Gasteiger partial charge is 0.392 e. The zero-order chi connectivity index (χ0) is 10.4. The van der Waals surface area contributed by atoms with E-state index in [1.807, 2.05) is 12.1 Å². The summed E-state index contributed by atoms with van der Waals surface area (Å²) in [6.07, 6.45) is 3.54. The lowest BCUT2D eigenvalue weighted by molar-refractivity contribution is 0.280. The van der Waals surface area contributed by atoms with Crippen molar-refractivity contribution in [2.24, 2.45) is 5.92 Å². The first-order valence-electron chi connectivity index (χ1n) is 5.49. The molecule has 1 aromatic carbocycles. The highest BCUT2D eigenvalue weighted by Crippen LogP contribution is 2.18. The van der Waals surface area contributed by atoms with Crippen molar-refractivity contribution in [3.05, 3.63) is 35.4 Å². The van der Waals surface area contributed by atoms with Gasteiger partial charge in [-0.15, -0.1) is 0 Å². The molecule has 0 aliphatic rings. The molecule has 0 radical (unpaired) electrons. The van der Waals surface area contributed by atoms with Crippen LogP contribution >= 0.6 is 0 Å². The molecule has 0 amide bonds. The van der Waals surface area contributed by atoms with Crippen LogP contribution in [0, 0.1) is 5.92 Å². The Bertz CT molecular complexity index is 264. The summed E-state index contributed by atoms with van der Waals surface area (Å²) in [4.78, 5) is 0. The number of benzene rings is 1. The Balaban J connectivity index is 2.74. The molecule has 0 heterocycles. The van der Waals surface area contributed by atoms with Gasteiger partial charge in [0, 0.05) is 0 Å². The standard InChI is InChI=1S/C13H20O/c1-3-11(4-2)9-12-7-5-6-8-13(12)10-14/h5-8,11,14H,3-4,9-10H2,1-2H3. The van der Waals surface area contributed by atoms with Gasteiger partial charge in [-0.1, -0.05) is 51.0 Å². The molecule has 0 aliphatic heterocycles. The summed E-state index contributed by atoms with van der Waals surface area (Å²) < 4.78 is 0. The normalized spacial score (nSPS) is 10.9. The highest BCUT2D eigenvalue weighted by atomic mass is 16.3. The Morgan fingerprint density at radius 3 is 2.14 bits per heavy atom. The number of hydrogen-bond acceptors (Lipinski definition) is 1. The van der Waals surface area contributed by atoms with Crippen LogP contribution < -0.4 is 0 Å². The second kappa shape index (κ2) is 5.82. The Kier molecular flexibility index (Phi) is 4.68. The van der Waals surface area contributed by atoms with Crippen LogP contribution in [-0.2, 0) is 13.0 Å². The molecule has 1 nitrogen and oxygen atoms in total. The lowest BCUT2D eigenvalue weighted by atomic mass is 9.92. The fourth-order valence-electron chi connectivity index (χ4n) is 1.80. The second-order valence-electron chi connectivity index (χ2n) is 3.81. The zero-order valence-corrected chi connectivity index (χ0v) is 9.16. The van der Waals surface area contributed by atoms with Crippen molar-refractivity contribution < 1.29 is 5.11 Å². The minimum atomic E-state index is 0.163. The van der Waals surface area contributed by atoms with E-state index >= 15 is 0 Å². The molecular formula is C13H20O. The van der Waals surface area contributed by atoms with Gasteiger partial charge in [0.15, 0.2) is 0 Å². The third kappa shape index (κ3) is 2.85. The maximum atomic E-state index is 9.18. The Morgan fingerprint density at radius 2 is 1.64 bits per heavy atom. The van der Waals surface area contributed by atoms with Crippen molar-refractivity contribution in [3.63, 3.8) is 0 Å². The fraction of sp³-hybridized carbons (Fsp3) is 0.538. The molecule has 0 saturated carbocycles. The molecule has 1 aromatic rings. The molecule has 78 valence electrons. The van der Waals surface area contributed by atoms with Gasteiger partial charge in [0.25, 0.3) is 0 Å². The lowest BCUT2D eigenvalue weighted by Crippen LogP contribution is -2.04. The third-order valence-corrected chi connectivity index (χ3v) is 2.95. The van der Waals surface area contributed by atoms with Crippen molar-refractivity contribution in [2.75, 3.05) is 0 Å². The van der Waals surface area contributed by atoms with Gasteiger partial charge in [-0.2, -0.15) is 0 Å². The third-order valence-electron chi connectivity index (χ3n) is 2.95. The molecule has 0 aliphatic carbocycles. The summed E-state index contributed by atoms with van der Waals surface area (Å²) >= 11 is 0. The van der Waals surface area contributed by atoms with Gasteiger partial charge in [0.05, 0.1) is 6.61 Å². The summed E-state index contributed by atoms with van der Waals surface area (Å²) in [7, 11) is 0. The molecule has 1 N–H and O–H groups in total. The smallest absolute Gasteiger partial charge is 0.0684 e. The van der Waals surface area contributed by atoms with Gasteiger partial charge in [-0.3, -0.25) is 0 Å². The maximum Gasteiger partial charge on any atom is 0.0684 e.